The fourth-order valence-corrected chi connectivity index (χ4v) is 2.11. The Morgan fingerprint density at radius 2 is 2.17 bits per heavy atom. The fourth-order valence-electron chi connectivity index (χ4n) is 2.11. The number of hydrogen-bond donors (Lipinski definition) is 1. The second-order valence-corrected chi connectivity index (χ2v) is 4.50. The van der Waals surface area contributed by atoms with Crippen LogP contribution in [0.4, 0.5) is 11.4 Å². The lowest BCUT2D eigenvalue weighted by Gasteiger charge is -2.27. The third-order valence-corrected chi connectivity index (χ3v) is 3.01. The number of nitro benzene ring substituents is 1. The van der Waals surface area contributed by atoms with Crippen LogP contribution in [0, 0.1) is 10.1 Å². The van der Waals surface area contributed by atoms with Gasteiger partial charge in [-0.1, -0.05) is 0 Å². The fraction of sp³-hybridized carbons (Fsp3) is 0.417. The average Bonchev–Trinajstić information content (AvgIpc) is 2.48. The summed E-state index contributed by atoms with van der Waals surface area (Å²) >= 11 is 0. The van der Waals surface area contributed by atoms with Gasteiger partial charge in [0.2, 0.25) is 0 Å². The van der Waals surface area contributed by atoms with E-state index < -0.39 is 4.92 Å². The van der Waals surface area contributed by atoms with E-state index in [1.54, 1.807) is 0 Å². The first-order valence-electron chi connectivity index (χ1n) is 5.84. The molecule has 0 unspecified atom stereocenters. The van der Waals surface area contributed by atoms with E-state index in [1.807, 2.05) is 18.7 Å². The van der Waals surface area contributed by atoms with Crippen LogP contribution in [0.1, 0.15) is 24.2 Å². The minimum absolute atomic E-state index is 0.00843. The standard InChI is InChI=1S/C12H15N3O3/c1-8(2)14-6-5-13-12(16)10-4-3-9(15(17)18)7-11(10)14/h3-4,7-8H,5-6H2,1-2H3,(H,13,16). The number of non-ortho nitro benzene ring substituents is 1. The highest BCUT2D eigenvalue weighted by Crippen LogP contribution is 2.28. The van der Waals surface area contributed by atoms with Crippen molar-refractivity contribution in [3.05, 3.63) is 33.9 Å². The van der Waals surface area contributed by atoms with Gasteiger partial charge in [0, 0.05) is 31.3 Å². The van der Waals surface area contributed by atoms with Crippen molar-refractivity contribution >= 4 is 17.3 Å². The lowest BCUT2D eigenvalue weighted by molar-refractivity contribution is -0.384. The number of nitrogens with one attached hydrogen (secondary N) is 1. The van der Waals surface area contributed by atoms with Crippen molar-refractivity contribution < 1.29 is 9.72 Å². The van der Waals surface area contributed by atoms with Crippen molar-refractivity contribution in [3.63, 3.8) is 0 Å². The zero-order chi connectivity index (χ0) is 13.3. The van der Waals surface area contributed by atoms with Crippen LogP contribution < -0.4 is 10.2 Å². The molecule has 0 saturated heterocycles. The maximum atomic E-state index is 11.8. The van der Waals surface area contributed by atoms with Gasteiger partial charge in [-0.25, -0.2) is 0 Å². The Kier molecular flexibility index (Phi) is 3.18. The number of nitro groups is 1. The van der Waals surface area contributed by atoms with Crippen molar-refractivity contribution in [2.75, 3.05) is 18.0 Å². The van der Waals surface area contributed by atoms with Gasteiger partial charge in [0.25, 0.3) is 11.6 Å². The van der Waals surface area contributed by atoms with Gasteiger partial charge in [0.1, 0.15) is 0 Å². The maximum Gasteiger partial charge on any atom is 0.271 e. The topological polar surface area (TPSA) is 75.5 Å². The summed E-state index contributed by atoms with van der Waals surface area (Å²) in [5.74, 6) is -0.178. The molecule has 6 heteroatoms. The van der Waals surface area contributed by atoms with E-state index in [4.69, 9.17) is 0 Å². The minimum atomic E-state index is -0.443. The van der Waals surface area contributed by atoms with Crippen LogP contribution in [0.25, 0.3) is 0 Å². The molecule has 1 aromatic carbocycles. The van der Waals surface area contributed by atoms with E-state index in [0.29, 0.717) is 24.3 Å². The van der Waals surface area contributed by atoms with E-state index >= 15 is 0 Å². The van der Waals surface area contributed by atoms with Gasteiger partial charge < -0.3 is 10.2 Å². The molecule has 1 N–H and O–H groups in total. The van der Waals surface area contributed by atoms with Crippen LogP contribution in [0.5, 0.6) is 0 Å². The molecule has 0 aromatic heterocycles. The summed E-state index contributed by atoms with van der Waals surface area (Å²) in [5, 5.41) is 13.6. The van der Waals surface area contributed by atoms with E-state index in [9.17, 15) is 14.9 Å². The van der Waals surface area contributed by atoms with Crippen molar-refractivity contribution in [2.45, 2.75) is 19.9 Å². The van der Waals surface area contributed by atoms with E-state index in [1.165, 1.54) is 18.2 Å². The molecule has 1 aliphatic heterocycles. The smallest absolute Gasteiger partial charge is 0.271 e. The monoisotopic (exact) mass is 249 g/mol. The molecular formula is C12H15N3O3. The molecule has 0 spiro atoms. The summed E-state index contributed by atoms with van der Waals surface area (Å²) in [6, 6.07) is 4.53. The Morgan fingerprint density at radius 1 is 1.44 bits per heavy atom. The summed E-state index contributed by atoms with van der Waals surface area (Å²) in [7, 11) is 0. The van der Waals surface area contributed by atoms with Gasteiger partial charge in [0.15, 0.2) is 0 Å². The van der Waals surface area contributed by atoms with Gasteiger partial charge in [-0.2, -0.15) is 0 Å². The highest BCUT2D eigenvalue weighted by atomic mass is 16.6. The molecule has 2 rings (SSSR count). The van der Waals surface area contributed by atoms with Crippen LogP contribution in [0.2, 0.25) is 0 Å². The third-order valence-electron chi connectivity index (χ3n) is 3.01. The summed E-state index contributed by atoms with van der Waals surface area (Å²) in [6.07, 6.45) is 0. The van der Waals surface area contributed by atoms with E-state index in [-0.39, 0.29) is 17.6 Å². The molecule has 0 atom stereocenters. The first-order valence-corrected chi connectivity index (χ1v) is 5.84. The number of rotatable bonds is 2. The molecule has 1 amide bonds. The van der Waals surface area contributed by atoms with Crippen LogP contribution >= 0.6 is 0 Å². The Hall–Kier alpha value is -2.11. The largest absolute Gasteiger partial charge is 0.366 e. The second kappa shape index (κ2) is 4.64. The molecule has 6 nitrogen and oxygen atoms in total. The third kappa shape index (κ3) is 2.13. The summed E-state index contributed by atoms with van der Waals surface area (Å²) in [4.78, 5) is 24.2. The number of carbonyl (C=O) groups excluding carboxylic acids is 1. The summed E-state index contributed by atoms with van der Waals surface area (Å²) in [5.41, 5.74) is 1.13. The van der Waals surface area contributed by atoms with Gasteiger partial charge >= 0.3 is 0 Å². The van der Waals surface area contributed by atoms with Crippen LogP contribution in [0.3, 0.4) is 0 Å². The van der Waals surface area contributed by atoms with Gasteiger partial charge in [0.05, 0.1) is 16.2 Å². The number of anilines is 1. The van der Waals surface area contributed by atoms with Crippen LogP contribution in [-0.4, -0.2) is 30.0 Å². The summed E-state index contributed by atoms with van der Waals surface area (Å²) in [6.45, 7) is 5.19. The highest BCUT2D eigenvalue weighted by Gasteiger charge is 2.24. The molecule has 0 radical (unpaired) electrons. The van der Waals surface area contributed by atoms with Crippen molar-refractivity contribution in [3.8, 4) is 0 Å². The van der Waals surface area contributed by atoms with Crippen molar-refractivity contribution in [1.29, 1.82) is 0 Å². The molecule has 96 valence electrons. The molecule has 0 aliphatic carbocycles. The van der Waals surface area contributed by atoms with Crippen molar-refractivity contribution in [2.24, 2.45) is 0 Å². The van der Waals surface area contributed by atoms with Gasteiger partial charge in [-0.05, 0) is 19.9 Å². The zero-order valence-electron chi connectivity index (χ0n) is 10.3. The number of nitrogens with zero attached hydrogens (tertiary/aromatic N) is 2. The predicted molar refractivity (Wildman–Crippen MR) is 67.9 cm³/mol. The molecular weight excluding hydrogens is 234 g/mol. The Labute approximate surface area is 105 Å². The predicted octanol–water partition coefficient (Wildman–Crippen LogP) is 1.55. The molecule has 1 heterocycles. The lowest BCUT2D eigenvalue weighted by Crippen LogP contribution is -2.35. The number of carbonyl (C=O) groups is 1. The minimum Gasteiger partial charge on any atom is -0.366 e. The molecule has 1 aromatic rings. The summed E-state index contributed by atoms with van der Waals surface area (Å²) < 4.78 is 0. The normalized spacial score (nSPS) is 15.1. The van der Waals surface area contributed by atoms with Gasteiger partial charge in [-0.15, -0.1) is 0 Å². The lowest BCUT2D eigenvalue weighted by atomic mass is 10.1. The average molecular weight is 249 g/mol. The van der Waals surface area contributed by atoms with Crippen LogP contribution in [-0.2, 0) is 0 Å². The molecule has 0 saturated carbocycles. The second-order valence-electron chi connectivity index (χ2n) is 4.50. The maximum absolute atomic E-state index is 11.8. The van der Waals surface area contributed by atoms with Gasteiger partial charge in [-0.3, -0.25) is 14.9 Å². The molecule has 18 heavy (non-hydrogen) atoms. The Balaban J connectivity index is 2.56. The quantitative estimate of drug-likeness (QED) is 0.637. The zero-order valence-corrected chi connectivity index (χ0v) is 10.3. The number of benzene rings is 1. The first kappa shape index (κ1) is 12.3. The number of hydrogen-bond acceptors (Lipinski definition) is 4. The molecule has 0 fully saturated rings. The Bertz CT molecular complexity index is 499. The highest BCUT2D eigenvalue weighted by molar-refractivity contribution is 6.01. The number of amides is 1. The van der Waals surface area contributed by atoms with Crippen molar-refractivity contribution in [1.82, 2.24) is 5.32 Å². The van der Waals surface area contributed by atoms with E-state index in [2.05, 4.69) is 5.32 Å². The Morgan fingerprint density at radius 3 is 2.78 bits per heavy atom. The molecule has 1 aliphatic rings. The van der Waals surface area contributed by atoms with E-state index in [0.717, 1.165) is 0 Å². The molecule has 0 bridgehead atoms. The SMILES string of the molecule is CC(C)N1CCNC(=O)c2ccc([N+](=O)[O-])cc21. The van der Waals surface area contributed by atoms with Crippen LogP contribution in [0.15, 0.2) is 18.2 Å². The number of fused-ring (bicyclic) bond motifs is 1. The first-order chi connectivity index (χ1) is 8.50.